The van der Waals surface area contributed by atoms with Crippen LogP contribution in [0.25, 0.3) is 0 Å². The first kappa shape index (κ1) is 19.5. The summed E-state index contributed by atoms with van der Waals surface area (Å²) < 4.78 is 5.35. The third kappa shape index (κ3) is 5.84. The number of hydrogen-bond acceptors (Lipinski definition) is 6. The molecule has 0 spiro atoms. The molecule has 0 amide bonds. The zero-order chi connectivity index (χ0) is 19.2. The summed E-state index contributed by atoms with van der Waals surface area (Å²) in [4.78, 5) is 17.6. The molecule has 2 aromatic carbocycles. The molecule has 27 heavy (non-hydrogen) atoms. The van der Waals surface area contributed by atoms with E-state index in [1.165, 1.54) is 39.8 Å². The summed E-state index contributed by atoms with van der Waals surface area (Å²) in [6, 6.07) is 14.3. The number of thioether (sulfide) groups is 1. The number of ether oxygens (including phenoxy) is 1. The average molecular weight is 399 g/mol. The van der Waals surface area contributed by atoms with Gasteiger partial charge in [0, 0.05) is 16.0 Å². The Labute approximate surface area is 168 Å². The number of nitrogens with one attached hydrogen (secondary N) is 1. The highest BCUT2D eigenvalue weighted by atomic mass is 32.2. The van der Waals surface area contributed by atoms with Gasteiger partial charge in [0.2, 0.25) is 0 Å². The molecule has 0 saturated heterocycles. The van der Waals surface area contributed by atoms with Gasteiger partial charge in [-0.25, -0.2) is 4.98 Å². The number of aromatic nitrogens is 1. The van der Waals surface area contributed by atoms with Crippen molar-refractivity contribution in [2.45, 2.75) is 32.3 Å². The zero-order valence-electron chi connectivity index (χ0n) is 15.6. The van der Waals surface area contributed by atoms with Gasteiger partial charge < -0.3 is 10.1 Å². The van der Waals surface area contributed by atoms with Crippen LogP contribution in [-0.4, -0.2) is 16.7 Å². The van der Waals surface area contributed by atoms with E-state index in [2.05, 4.69) is 43.2 Å². The van der Waals surface area contributed by atoms with E-state index in [1.807, 2.05) is 35.7 Å². The van der Waals surface area contributed by atoms with Crippen molar-refractivity contribution in [1.82, 2.24) is 4.98 Å². The molecule has 0 aliphatic rings. The van der Waals surface area contributed by atoms with Crippen LogP contribution in [0.5, 0.6) is 0 Å². The predicted molar refractivity (Wildman–Crippen MR) is 113 cm³/mol. The molecule has 1 aromatic heterocycles. The molecule has 4 nitrogen and oxygen atoms in total. The SMILES string of the molecule is Cc1ccc(Nc2nc(COC(=O)CSc3ccc(C)cc3C)cs2)cc1. The van der Waals surface area contributed by atoms with E-state index < -0.39 is 0 Å². The minimum atomic E-state index is -0.235. The van der Waals surface area contributed by atoms with Gasteiger partial charge in [-0.1, -0.05) is 35.4 Å². The van der Waals surface area contributed by atoms with E-state index in [0.29, 0.717) is 5.75 Å². The number of hydrogen-bond donors (Lipinski definition) is 1. The van der Waals surface area contributed by atoms with Gasteiger partial charge in [0.1, 0.15) is 6.61 Å². The first-order valence-corrected chi connectivity index (χ1v) is 10.5. The summed E-state index contributed by atoms with van der Waals surface area (Å²) in [5.74, 6) is 0.0590. The Hall–Kier alpha value is -2.31. The average Bonchev–Trinajstić information content (AvgIpc) is 3.08. The molecule has 140 valence electrons. The normalized spacial score (nSPS) is 10.6. The molecule has 0 radical (unpaired) electrons. The number of rotatable bonds is 7. The summed E-state index contributed by atoms with van der Waals surface area (Å²) in [5.41, 5.74) is 5.35. The summed E-state index contributed by atoms with van der Waals surface area (Å²) in [5, 5.41) is 5.95. The Bertz CT molecular complexity index is 920. The van der Waals surface area contributed by atoms with Crippen LogP contribution in [-0.2, 0) is 16.1 Å². The highest BCUT2D eigenvalue weighted by molar-refractivity contribution is 8.00. The molecule has 0 aliphatic heterocycles. The summed E-state index contributed by atoms with van der Waals surface area (Å²) in [6.07, 6.45) is 0. The van der Waals surface area contributed by atoms with E-state index in [0.717, 1.165) is 21.4 Å². The van der Waals surface area contributed by atoms with Crippen LogP contribution >= 0.6 is 23.1 Å². The number of anilines is 2. The van der Waals surface area contributed by atoms with Crippen LogP contribution in [0.2, 0.25) is 0 Å². The van der Waals surface area contributed by atoms with Crippen LogP contribution in [0.1, 0.15) is 22.4 Å². The van der Waals surface area contributed by atoms with Crippen LogP contribution in [0, 0.1) is 20.8 Å². The number of carbonyl (C=O) groups excluding carboxylic acids is 1. The molecule has 3 aromatic rings. The van der Waals surface area contributed by atoms with Gasteiger partial charge in [0.05, 0.1) is 11.4 Å². The van der Waals surface area contributed by atoms with Gasteiger partial charge in [0.15, 0.2) is 5.13 Å². The molecule has 1 heterocycles. The fraction of sp³-hybridized carbons (Fsp3) is 0.238. The predicted octanol–water partition coefficient (Wildman–Crippen LogP) is 5.65. The molecular weight excluding hydrogens is 376 g/mol. The van der Waals surface area contributed by atoms with Crippen LogP contribution < -0.4 is 5.32 Å². The standard InChI is InChI=1S/C21H22N2O2S2/c1-14-4-7-17(8-5-14)22-21-23-18(12-27-21)11-25-20(24)13-26-19-9-6-15(2)10-16(19)3/h4-10,12H,11,13H2,1-3H3,(H,22,23). The second-order valence-corrected chi connectivity index (χ2v) is 8.23. The van der Waals surface area contributed by atoms with Crippen molar-refractivity contribution in [3.8, 4) is 0 Å². The summed E-state index contributed by atoms with van der Waals surface area (Å²) in [6.45, 7) is 6.36. The van der Waals surface area contributed by atoms with Gasteiger partial charge in [-0.2, -0.15) is 0 Å². The fourth-order valence-electron chi connectivity index (χ4n) is 2.49. The van der Waals surface area contributed by atoms with E-state index in [-0.39, 0.29) is 12.6 Å². The number of benzene rings is 2. The first-order chi connectivity index (χ1) is 13.0. The van der Waals surface area contributed by atoms with Gasteiger partial charge in [0.25, 0.3) is 0 Å². The Kier molecular flexibility index (Phi) is 6.53. The number of thiazole rings is 1. The van der Waals surface area contributed by atoms with E-state index in [9.17, 15) is 4.79 Å². The molecular formula is C21H22N2O2S2. The Morgan fingerprint density at radius 1 is 1.11 bits per heavy atom. The van der Waals surface area contributed by atoms with Crippen LogP contribution in [0.15, 0.2) is 52.7 Å². The van der Waals surface area contributed by atoms with Crippen LogP contribution in [0.4, 0.5) is 10.8 Å². The molecule has 0 fully saturated rings. The lowest BCUT2D eigenvalue weighted by atomic mass is 10.2. The maximum absolute atomic E-state index is 12.0. The van der Waals surface area contributed by atoms with Crippen molar-refractivity contribution >= 4 is 39.9 Å². The number of nitrogens with zero attached hydrogens (tertiary/aromatic N) is 1. The second kappa shape index (κ2) is 9.06. The van der Waals surface area contributed by atoms with Gasteiger partial charge in [-0.05, 0) is 44.5 Å². The summed E-state index contributed by atoms with van der Waals surface area (Å²) >= 11 is 3.00. The maximum Gasteiger partial charge on any atom is 0.316 e. The number of esters is 1. The Balaban J connectivity index is 1.46. The van der Waals surface area contributed by atoms with Crippen LogP contribution in [0.3, 0.4) is 0 Å². The molecule has 6 heteroatoms. The lowest BCUT2D eigenvalue weighted by Gasteiger charge is -2.06. The molecule has 0 aliphatic carbocycles. The van der Waals surface area contributed by atoms with Crippen molar-refractivity contribution in [2.75, 3.05) is 11.1 Å². The third-order valence-corrected chi connectivity index (χ3v) is 5.87. The highest BCUT2D eigenvalue weighted by Crippen LogP contribution is 2.24. The monoisotopic (exact) mass is 398 g/mol. The minimum Gasteiger partial charge on any atom is -0.459 e. The van der Waals surface area contributed by atoms with Crippen molar-refractivity contribution in [3.63, 3.8) is 0 Å². The Morgan fingerprint density at radius 3 is 2.59 bits per heavy atom. The fourth-order valence-corrected chi connectivity index (χ4v) is 4.01. The van der Waals surface area contributed by atoms with Crippen molar-refractivity contribution < 1.29 is 9.53 Å². The highest BCUT2D eigenvalue weighted by Gasteiger charge is 2.09. The molecule has 0 atom stereocenters. The smallest absolute Gasteiger partial charge is 0.316 e. The first-order valence-electron chi connectivity index (χ1n) is 8.63. The minimum absolute atomic E-state index is 0.193. The maximum atomic E-state index is 12.0. The van der Waals surface area contributed by atoms with Gasteiger partial charge in [-0.3, -0.25) is 4.79 Å². The second-order valence-electron chi connectivity index (χ2n) is 6.35. The van der Waals surface area contributed by atoms with E-state index in [4.69, 9.17) is 4.74 Å². The lowest BCUT2D eigenvalue weighted by Crippen LogP contribution is -2.07. The van der Waals surface area contributed by atoms with Gasteiger partial charge in [-0.15, -0.1) is 23.1 Å². The van der Waals surface area contributed by atoms with Gasteiger partial charge >= 0.3 is 5.97 Å². The van der Waals surface area contributed by atoms with E-state index in [1.54, 1.807) is 0 Å². The van der Waals surface area contributed by atoms with E-state index >= 15 is 0 Å². The molecule has 3 rings (SSSR count). The molecule has 0 unspecified atom stereocenters. The molecule has 0 bridgehead atoms. The van der Waals surface area contributed by atoms with Crippen molar-refractivity contribution in [3.05, 3.63) is 70.2 Å². The lowest BCUT2D eigenvalue weighted by molar-refractivity contribution is -0.141. The summed E-state index contributed by atoms with van der Waals surface area (Å²) in [7, 11) is 0. The quantitative estimate of drug-likeness (QED) is 0.412. The topological polar surface area (TPSA) is 51.2 Å². The van der Waals surface area contributed by atoms with Crippen molar-refractivity contribution in [1.29, 1.82) is 0 Å². The third-order valence-electron chi connectivity index (χ3n) is 3.91. The zero-order valence-corrected chi connectivity index (χ0v) is 17.2. The molecule has 0 saturated carbocycles. The molecule has 1 N–H and O–H groups in total. The number of carbonyl (C=O) groups is 1. The van der Waals surface area contributed by atoms with Crippen molar-refractivity contribution in [2.24, 2.45) is 0 Å². The number of aryl methyl sites for hydroxylation is 3. The largest absolute Gasteiger partial charge is 0.459 e. The Morgan fingerprint density at radius 2 is 1.85 bits per heavy atom.